The standard InChI is InChI=1S/C18H18FN3O/c1-13-6-2-4-8-15(13)18-22-21-17(23-18)12-20-11-10-14-7-3-5-9-16(14)19/h2-9,20H,10-12H2,1H3. The first-order chi connectivity index (χ1) is 11.2. The zero-order valence-corrected chi connectivity index (χ0v) is 12.9. The molecule has 0 saturated carbocycles. The highest BCUT2D eigenvalue weighted by Gasteiger charge is 2.10. The van der Waals surface area contributed by atoms with Gasteiger partial charge in [-0.3, -0.25) is 0 Å². The molecule has 0 saturated heterocycles. The topological polar surface area (TPSA) is 51.0 Å². The van der Waals surface area contributed by atoms with Crippen LogP contribution in [0, 0.1) is 12.7 Å². The Kier molecular flexibility index (Phi) is 4.78. The van der Waals surface area contributed by atoms with Crippen LogP contribution in [0.2, 0.25) is 0 Å². The Bertz CT molecular complexity index is 785. The first-order valence-corrected chi connectivity index (χ1v) is 7.56. The molecule has 118 valence electrons. The van der Waals surface area contributed by atoms with Crippen molar-refractivity contribution in [2.24, 2.45) is 0 Å². The van der Waals surface area contributed by atoms with Crippen LogP contribution in [-0.4, -0.2) is 16.7 Å². The van der Waals surface area contributed by atoms with E-state index in [9.17, 15) is 4.39 Å². The van der Waals surface area contributed by atoms with Gasteiger partial charge >= 0.3 is 0 Å². The maximum Gasteiger partial charge on any atom is 0.248 e. The number of hydrogen-bond donors (Lipinski definition) is 1. The molecule has 1 N–H and O–H groups in total. The number of nitrogens with one attached hydrogen (secondary N) is 1. The summed E-state index contributed by atoms with van der Waals surface area (Å²) in [6.07, 6.45) is 0.617. The van der Waals surface area contributed by atoms with Gasteiger partial charge in [0.2, 0.25) is 11.8 Å². The number of rotatable bonds is 6. The van der Waals surface area contributed by atoms with Crippen LogP contribution in [0.3, 0.4) is 0 Å². The summed E-state index contributed by atoms with van der Waals surface area (Å²) in [6.45, 7) is 3.11. The molecule has 0 atom stereocenters. The van der Waals surface area contributed by atoms with E-state index in [-0.39, 0.29) is 5.82 Å². The summed E-state index contributed by atoms with van der Waals surface area (Å²) in [6, 6.07) is 14.7. The Morgan fingerprint density at radius 3 is 2.65 bits per heavy atom. The van der Waals surface area contributed by atoms with E-state index in [2.05, 4.69) is 15.5 Å². The van der Waals surface area contributed by atoms with E-state index in [0.29, 0.717) is 36.9 Å². The molecule has 0 bridgehead atoms. The summed E-state index contributed by atoms with van der Waals surface area (Å²) in [7, 11) is 0. The summed E-state index contributed by atoms with van der Waals surface area (Å²) in [5.74, 6) is 0.875. The van der Waals surface area contributed by atoms with Crippen molar-refractivity contribution in [3.05, 3.63) is 71.4 Å². The van der Waals surface area contributed by atoms with Gasteiger partial charge in [0.05, 0.1) is 6.54 Å². The van der Waals surface area contributed by atoms with Gasteiger partial charge < -0.3 is 9.73 Å². The van der Waals surface area contributed by atoms with Crippen molar-refractivity contribution in [2.45, 2.75) is 19.9 Å². The van der Waals surface area contributed by atoms with Crippen LogP contribution >= 0.6 is 0 Å². The molecule has 0 amide bonds. The molecular formula is C18H18FN3O. The number of halogens is 1. The fourth-order valence-corrected chi connectivity index (χ4v) is 2.37. The van der Waals surface area contributed by atoms with Crippen molar-refractivity contribution < 1.29 is 8.81 Å². The third-order valence-electron chi connectivity index (χ3n) is 3.65. The van der Waals surface area contributed by atoms with Crippen molar-refractivity contribution >= 4 is 0 Å². The zero-order valence-electron chi connectivity index (χ0n) is 12.9. The van der Waals surface area contributed by atoms with E-state index in [1.807, 2.05) is 37.3 Å². The first-order valence-electron chi connectivity index (χ1n) is 7.56. The van der Waals surface area contributed by atoms with Crippen molar-refractivity contribution in [1.82, 2.24) is 15.5 Å². The van der Waals surface area contributed by atoms with Gasteiger partial charge in [0.15, 0.2) is 0 Å². The third kappa shape index (κ3) is 3.81. The predicted octanol–water partition coefficient (Wildman–Crippen LogP) is 3.52. The van der Waals surface area contributed by atoms with Crippen molar-refractivity contribution in [3.63, 3.8) is 0 Å². The average Bonchev–Trinajstić information content (AvgIpc) is 3.02. The summed E-state index contributed by atoms with van der Waals surface area (Å²) in [5.41, 5.74) is 2.74. The number of hydrogen-bond acceptors (Lipinski definition) is 4. The smallest absolute Gasteiger partial charge is 0.248 e. The van der Waals surface area contributed by atoms with Crippen LogP contribution in [0.4, 0.5) is 4.39 Å². The number of nitrogens with zero attached hydrogens (tertiary/aromatic N) is 2. The Morgan fingerprint density at radius 1 is 1.04 bits per heavy atom. The molecule has 3 rings (SSSR count). The summed E-state index contributed by atoms with van der Waals surface area (Å²) in [4.78, 5) is 0. The van der Waals surface area contributed by atoms with Crippen LogP contribution in [0.25, 0.3) is 11.5 Å². The Balaban J connectivity index is 1.54. The molecular weight excluding hydrogens is 293 g/mol. The van der Waals surface area contributed by atoms with E-state index in [0.717, 1.165) is 11.1 Å². The van der Waals surface area contributed by atoms with Crippen LogP contribution in [0.1, 0.15) is 17.0 Å². The van der Waals surface area contributed by atoms with Gasteiger partial charge in [-0.05, 0) is 43.1 Å². The third-order valence-corrected chi connectivity index (χ3v) is 3.65. The highest BCUT2D eigenvalue weighted by atomic mass is 19.1. The number of aryl methyl sites for hydroxylation is 1. The molecule has 1 aromatic heterocycles. The second-order valence-electron chi connectivity index (χ2n) is 5.33. The maximum absolute atomic E-state index is 13.5. The van der Waals surface area contributed by atoms with Crippen molar-refractivity contribution in [3.8, 4) is 11.5 Å². The van der Waals surface area contributed by atoms with Gasteiger partial charge in [0.25, 0.3) is 0 Å². The lowest BCUT2D eigenvalue weighted by molar-refractivity contribution is 0.477. The molecule has 3 aromatic rings. The molecule has 4 nitrogen and oxygen atoms in total. The largest absolute Gasteiger partial charge is 0.419 e. The van der Waals surface area contributed by atoms with E-state index in [4.69, 9.17) is 4.42 Å². The molecule has 0 unspecified atom stereocenters. The molecule has 0 aliphatic carbocycles. The van der Waals surface area contributed by atoms with Crippen molar-refractivity contribution in [1.29, 1.82) is 0 Å². The number of benzene rings is 2. The predicted molar refractivity (Wildman–Crippen MR) is 86.3 cm³/mol. The highest BCUT2D eigenvalue weighted by Crippen LogP contribution is 2.21. The summed E-state index contributed by atoms with van der Waals surface area (Å²) < 4.78 is 19.2. The van der Waals surface area contributed by atoms with E-state index >= 15 is 0 Å². The van der Waals surface area contributed by atoms with E-state index in [1.165, 1.54) is 6.07 Å². The quantitative estimate of drug-likeness (QED) is 0.708. The molecule has 0 spiro atoms. The fourth-order valence-electron chi connectivity index (χ4n) is 2.37. The molecule has 1 heterocycles. The van der Waals surface area contributed by atoms with Crippen LogP contribution in [0.15, 0.2) is 52.9 Å². The zero-order chi connectivity index (χ0) is 16.1. The van der Waals surface area contributed by atoms with Crippen LogP contribution < -0.4 is 5.32 Å². The lowest BCUT2D eigenvalue weighted by Crippen LogP contribution is -2.17. The molecule has 5 heteroatoms. The minimum Gasteiger partial charge on any atom is -0.419 e. The molecule has 23 heavy (non-hydrogen) atoms. The van der Waals surface area contributed by atoms with E-state index < -0.39 is 0 Å². The highest BCUT2D eigenvalue weighted by molar-refractivity contribution is 5.57. The monoisotopic (exact) mass is 311 g/mol. The second kappa shape index (κ2) is 7.15. The molecule has 0 aliphatic heterocycles. The van der Waals surface area contributed by atoms with Gasteiger partial charge in [-0.1, -0.05) is 36.4 Å². The Labute approximate surface area is 134 Å². The average molecular weight is 311 g/mol. The summed E-state index contributed by atoms with van der Waals surface area (Å²) in [5, 5.41) is 11.3. The Hall–Kier alpha value is -2.53. The van der Waals surface area contributed by atoms with Crippen molar-refractivity contribution in [2.75, 3.05) is 6.54 Å². The molecule has 0 fully saturated rings. The maximum atomic E-state index is 13.5. The SMILES string of the molecule is Cc1ccccc1-c1nnc(CNCCc2ccccc2F)o1. The fraction of sp³-hybridized carbons (Fsp3) is 0.222. The van der Waals surface area contributed by atoms with E-state index in [1.54, 1.807) is 12.1 Å². The second-order valence-corrected chi connectivity index (χ2v) is 5.33. The Morgan fingerprint density at radius 2 is 1.83 bits per heavy atom. The van der Waals surface area contributed by atoms with Gasteiger partial charge in [-0.15, -0.1) is 10.2 Å². The minimum atomic E-state index is -0.172. The van der Waals surface area contributed by atoms with Gasteiger partial charge in [0, 0.05) is 5.56 Å². The lowest BCUT2D eigenvalue weighted by Gasteiger charge is -2.03. The van der Waals surface area contributed by atoms with Gasteiger partial charge in [0.1, 0.15) is 5.82 Å². The minimum absolute atomic E-state index is 0.172. The molecule has 0 radical (unpaired) electrons. The first kappa shape index (κ1) is 15.4. The summed E-state index contributed by atoms with van der Waals surface area (Å²) >= 11 is 0. The normalized spacial score (nSPS) is 10.9. The number of aromatic nitrogens is 2. The lowest BCUT2D eigenvalue weighted by atomic mass is 10.1. The molecule has 0 aliphatic rings. The van der Waals surface area contributed by atoms with Crippen LogP contribution in [-0.2, 0) is 13.0 Å². The van der Waals surface area contributed by atoms with Crippen LogP contribution in [0.5, 0.6) is 0 Å². The molecule has 2 aromatic carbocycles. The van der Waals surface area contributed by atoms with Gasteiger partial charge in [-0.25, -0.2) is 4.39 Å². The van der Waals surface area contributed by atoms with Gasteiger partial charge in [-0.2, -0.15) is 0 Å².